The van der Waals surface area contributed by atoms with E-state index in [0.29, 0.717) is 22.5 Å². The molecule has 0 bridgehead atoms. The standard InChI is InChI=1S/C20H21ClN4O2S/c1-5-25-18(14-6-8-16(21)9-7-14)22-23-20(25)28-17(19(26)27)11-15-10-12(2)24(4)13(15)3/h6-11H,5H2,1-4H3,(H,26,27)/p-1/b17-11+. The van der Waals surface area contributed by atoms with E-state index >= 15 is 0 Å². The largest absolute Gasteiger partial charge is 0.544 e. The molecular weight excluding hydrogens is 396 g/mol. The highest BCUT2D eigenvalue weighted by atomic mass is 35.5. The van der Waals surface area contributed by atoms with Crippen LogP contribution < -0.4 is 5.11 Å². The molecule has 0 atom stereocenters. The van der Waals surface area contributed by atoms with Crippen molar-refractivity contribution in [1.82, 2.24) is 19.3 Å². The van der Waals surface area contributed by atoms with Crippen LogP contribution in [-0.4, -0.2) is 25.3 Å². The van der Waals surface area contributed by atoms with Gasteiger partial charge in [-0.15, -0.1) is 10.2 Å². The van der Waals surface area contributed by atoms with E-state index in [-0.39, 0.29) is 4.91 Å². The Kier molecular flexibility index (Phi) is 5.96. The number of hydrogen-bond acceptors (Lipinski definition) is 5. The Morgan fingerprint density at radius 1 is 1.25 bits per heavy atom. The molecule has 0 aliphatic carbocycles. The third kappa shape index (κ3) is 4.00. The molecule has 2 aromatic heterocycles. The molecule has 0 aliphatic heterocycles. The Bertz CT molecular complexity index is 1050. The molecule has 28 heavy (non-hydrogen) atoms. The monoisotopic (exact) mass is 415 g/mol. The molecule has 0 amide bonds. The Morgan fingerprint density at radius 2 is 1.93 bits per heavy atom. The molecule has 0 unspecified atom stereocenters. The average Bonchev–Trinajstić information content (AvgIpc) is 3.18. The maximum absolute atomic E-state index is 11.7. The van der Waals surface area contributed by atoms with E-state index in [2.05, 4.69) is 10.2 Å². The fraction of sp³-hybridized carbons (Fsp3) is 0.250. The van der Waals surface area contributed by atoms with Gasteiger partial charge in [-0.05, 0) is 74.5 Å². The summed E-state index contributed by atoms with van der Waals surface area (Å²) in [4.78, 5) is 11.8. The van der Waals surface area contributed by atoms with E-state index in [1.165, 1.54) is 0 Å². The number of halogens is 1. The lowest BCUT2D eigenvalue weighted by Crippen LogP contribution is -2.23. The lowest BCUT2D eigenvalue weighted by molar-refractivity contribution is -0.297. The van der Waals surface area contributed by atoms with Gasteiger partial charge < -0.3 is 19.0 Å². The van der Waals surface area contributed by atoms with Crippen LogP contribution in [0, 0.1) is 13.8 Å². The van der Waals surface area contributed by atoms with Crippen LogP contribution in [0.4, 0.5) is 0 Å². The first-order valence-electron chi connectivity index (χ1n) is 8.74. The van der Waals surface area contributed by atoms with E-state index in [1.54, 1.807) is 18.2 Å². The summed E-state index contributed by atoms with van der Waals surface area (Å²) in [5, 5.41) is 21.3. The van der Waals surface area contributed by atoms with Crippen LogP contribution in [0.15, 0.2) is 40.4 Å². The number of nitrogens with zero attached hydrogens (tertiary/aromatic N) is 4. The summed E-state index contributed by atoms with van der Waals surface area (Å²) < 4.78 is 3.88. The molecule has 0 fully saturated rings. The highest BCUT2D eigenvalue weighted by Gasteiger charge is 2.16. The molecule has 3 rings (SSSR count). The van der Waals surface area contributed by atoms with Gasteiger partial charge in [0.05, 0.1) is 5.97 Å². The lowest BCUT2D eigenvalue weighted by atomic mass is 10.2. The first-order chi connectivity index (χ1) is 13.3. The van der Waals surface area contributed by atoms with Gasteiger partial charge in [-0.1, -0.05) is 11.6 Å². The molecule has 0 saturated heterocycles. The molecule has 0 radical (unpaired) electrons. The highest BCUT2D eigenvalue weighted by Crippen LogP contribution is 2.31. The minimum Gasteiger partial charge on any atom is -0.544 e. The second-order valence-corrected chi connectivity index (χ2v) is 7.79. The van der Waals surface area contributed by atoms with Crippen LogP contribution in [0.2, 0.25) is 5.02 Å². The third-order valence-electron chi connectivity index (χ3n) is 4.64. The first kappa shape index (κ1) is 20.2. The normalized spacial score (nSPS) is 11.8. The van der Waals surface area contributed by atoms with E-state index in [0.717, 1.165) is 34.3 Å². The van der Waals surface area contributed by atoms with Gasteiger partial charge >= 0.3 is 0 Å². The lowest BCUT2D eigenvalue weighted by Gasteiger charge is -2.10. The molecule has 1 aromatic carbocycles. The highest BCUT2D eigenvalue weighted by molar-refractivity contribution is 8.04. The number of aryl methyl sites for hydroxylation is 1. The molecule has 3 aromatic rings. The van der Waals surface area contributed by atoms with Crippen LogP contribution in [0.5, 0.6) is 0 Å². The predicted octanol–water partition coefficient (Wildman–Crippen LogP) is 3.46. The second kappa shape index (κ2) is 8.24. The number of carbonyl (C=O) groups is 1. The number of thioether (sulfide) groups is 1. The number of rotatable bonds is 6. The zero-order chi connectivity index (χ0) is 20.4. The molecule has 0 N–H and O–H groups in total. The molecule has 0 spiro atoms. The van der Waals surface area contributed by atoms with Crippen molar-refractivity contribution in [2.24, 2.45) is 7.05 Å². The van der Waals surface area contributed by atoms with Crippen LogP contribution in [0.1, 0.15) is 23.9 Å². The molecule has 0 saturated carbocycles. The quantitative estimate of drug-likeness (QED) is 0.455. The summed E-state index contributed by atoms with van der Waals surface area (Å²) in [6, 6.07) is 9.23. The van der Waals surface area contributed by atoms with Crippen LogP contribution in [0.25, 0.3) is 17.5 Å². The van der Waals surface area contributed by atoms with Crippen molar-refractivity contribution in [3.8, 4) is 11.4 Å². The summed E-state index contributed by atoms with van der Waals surface area (Å²) in [5.74, 6) is -0.587. The Labute approximate surface area is 172 Å². The van der Waals surface area contributed by atoms with Gasteiger partial charge in [0, 0.05) is 40.5 Å². The number of aliphatic carboxylic acids is 1. The van der Waals surface area contributed by atoms with Crippen LogP contribution in [0.3, 0.4) is 0 Å². The number of carboxylic acids is 1. The third-order valence-corrected chi connectivity index (χ3v) is 5.88. The van der Waals surface area contributed by atoms with Gasteiger partial charge in [-0.25, -0.2) is 0 Å². The fourth-order valence-electron chi connectivity index (χ4n) is 2.86. The van der Waals surface area contributed by atoms with E-state index < -0.39 is 5.97 Å². The number of carbonyl (C=O) groups excluding carboxylic acids is 1. The minimum atomic E-state index is -1.25. The van der Waals surface area contributed by atoms with E-state index in [1.807, 2.05) is 55.2 Å². The van der Waals surface area contributed by atoms with Gasteiger partial charge in [0.25, 0.3) is 0 Å². The molecule has 6 nitrogen and oxygen atoms in total. The maximum atomic E-state index is 11.7. The SMILES string of the molecule is CCn1c(S/C(=C/c2cc(C)n(C)c2C)C(=O)[O-])nnc1-c1ccc(Cl)cc1. The second-order valence-electron chi connectivity index (χ2n) is 6.34. The maximum Gasteiger partial charge on any atom is 0.196 e. The summed E-state index contributed by atoms with van der Waals surface area (Å²) in [5.41, 5.74) is 3.73. The van der Waals surface area contributed by atoms with Crippen molar-refractivity contribution in [2.75, 3.05) is 0 Å². The zero-order valence-corrected chi connectivity index (χ0v) is 17.6. The van der Waals surface area contributed by atoms with Crippen LogP contribution in [-0.2, 0) is 18.4 Å². The Balaban J connectivity index is 1.98. The fourth-order valence-corrected chi connectivity index (χ4v) is 3.86. The van der Waals surface area contributed by atoms with Gasteiger partial charge in [0.15, 0.2) is 11.0 Å². The number of benzene rings is 1. The molecule has 2 heterocycles. The Hall–Kier alpha value is -2.51. The minimum absolute atomic E-state index is 0.0819. The molecular formula is C20H20ClN4O2S-. The van der Waals surface area contributed by atoms with Gasteiger partial charge in [0.2, 0.25) is 0 Å². The van der Waals surface area contributed by atoms with Gasteiger partial charge in [0.1, 0.15) is 0 Å². The van der Waals surface area contributed by atoms with Crippen LogP contribution >= 0.6 is 23.4 Å². The first-order valence-corrected chi connectivity index (χ1v) is 9.94. The van der Waals surface area contributed by atoms with Crippen molar-refractivity contribution in [2.45, 2.75) is 32.5 Å². The van der Waals surface area contributed by atoms with Crippen molar-refractivity contribution in [3.05, 3.63) is 57.2 Å². The number of aromatic nitrogens is 4. The van der Waals surface area contributed by atoms with Gasteiger partial charge in [-0.3, -0.25) is 0 Å². The number of hydrogen-bond donors (Lipinski definition) is 0. The predicted molar refractivity (Wildman–Crippen MR) is 110 cm³/mol. The van der Waals surface area contributed by atoms with E-state index in [9.17, 15) is 9.90 Å². The average molecular weight is 416 g/mol. The summed E-state index contributed by atoms with van der Waals surface area (Å²) >= 11 is 6.99. The van der Waals surface area contributed by atoms with Crippen molar-refractivity contribution < 1.29 is 9.90 Å². The van der Waals surface area contributed by atoms with Gasteiger partial charge in [-0.2, -0.15) is 0 Å². The Morgan fingerprint density at radius 3 is 2.46 bits per heavy atom. The van der Waals surface area contributed by atoms with Crippen molar-refractivity contribution in [1.29, 1.82) is 0 Å². The number of carboxylic acid groups (broad SMARTS) is 1. The molecule has 0 aliphatic rings. The molecule has 146 valence electrons. The zero-order valence-electron chi connectivity index (χ0n) is 16.1. The molecule has 8 heteroatoms. The smallest absolute Gasteiger partial charge is 0.196 e. The summed E-state index contributed by atoms with van der Waals surface area (Å²) in [7, 11) is 1.94. The van der Waals surface area contributed by atoms with Crippen molar-refractivity contribution >= 4 is 35.4 Å². The van der Waals surface area contributed by atoms with E-state index in [4.69, 9.17) is 11.6 Å². The summed E-state index contributed by atoms with van der Waals surface area (Å²) in [6.45, 7) is 6.48. The summed E-state index contributed by atoms with van der Waals surface area (Å²) in [6.07, 6.45) is 1.62. The van der Waals surface area contributed by atoms with Crippen molar-refractivity contribution in [3.63, 3.8) is 0 Å². The topological polar surface area (TPSA) is 75.8 Å².